The third-order valence-electron chi connectivity index (χ3n) is 1.82. The van der Waals surface area contributed by atoms with Crippen molar-refractivity contribution in [2.24, 2.45) is 0 Å². The summed E-state index contributed by atoms with van der Waals surface area (Å²) in [6, 6.07) is 7.13. The Bertz CT molecular complexity index is 389. The quantitative estimate of drug-likeness (QED) is 0.868. The van der Waals surface area contributed by atoms with Crippen LogP contribution in [-0.2, 0) is 14.3 Å². The number of anilines is 1. The van der Waals surface area contributed by atoms with Crippen molar-refractivity contribution >= 4 is 33.5 Å². The van der Waals surface area contributed by atoms with Gasteiger partial charge < -0.3 is 10.1 Å². The summed E-state index contributed by atoms with van der Waals surface area (Å²) in [5, 5.41) is 2.64. The number of rotatable bonds is 3. The van der Waals surface area contributed by atoms with Crippen molar-refractivity contribution in [3.63, 3.8) is 0 Å². The third kappa shape index (κ3) is 4.02. The molecule has 16 heavy (non-hydrogen) atoms. The molecule has 0 aromatic heterocycles. The lowest BCUT2D eigenvalue weighted by Crippen LogP contribution is -2.29. The molecule has 1 N–H and O–H groups in total. The summed E-state index contributed by atoms with van der Waals surface area (Å²) in [5.41, 5.74) is 0.659. The van der Waals surface area contributed by atoms with E-state index in [1.54, 1.807) is 12.1 Å². The molecule has 1 aromatic carbocycles. The van der Waals surface area contributed by atoms with Crippen molar-refractivity contribution in [3.8, 4) is 0 Å². The van der Waals surface area contributed by atoms with Crippen LogP contribution < -0.4 is 5.32 Å². The summed E-state index contributed by atoms with van der Waals surface area (Å²) in [6.07, 6.45) is -0.791. The largest absolute Gasteiger partial charge is 0.453 e. The van der Waals surface area contributed by atoms with Crippen LogP contribution in [0.4, 0.5) is 5.69 Å². The highest BCUT2D eigenvalue weighted by Gasteiger charge is 2.15. The van der Waals surface area contributed by atoms with Crippen molar-refractivity contribution in [1.82, 2.24) is 0 Å². The Morgan fingerprint density at radius 3 is 2.38 bits per heavy atom. The number of carbonyl (C=O) groups is 2. The van der Waals surface area contributed by atoms with Gasteiger partial charge in [-0.3, -0.25) is 9.59 Å². The highest BCUT2D eigenvalue weighted by molar-refractivity contribution is 9.10. The zero-order valence-corrected chi connectivity index (χ0v) is 10.6. The second kappa shape index (κ2) is 5.65. The maximum atomic E-state index is 11.5. The van der Waals surface area contributed by atoms with Gasteiger partial charge in [0.25, 0.3) is 5.91 Å². The molecule has 0 heterocycles. The summed E-state index contributed by atoms with van der Waals surface area (Å²) in [6.45, 7) is 2.79. The SMILES string of the molecule is CC(=O)O[C@@H](C)C(=O)Nc1ccc(Br)cc1. The molecule has 0 saturated heterocycles. The third-order valence-corrected chi connectivity index (χ3v) is 2.35. The molecular formula is C11H12BrNO3. The number of ether oxygens (including phenoxy) is 1. The first-order valence-electron chi connectivity index (χ1n) is 4.72. The first-order valence-corrected chi connectivity index (χ1v) is 5.52. The van der Waals surface area contributed by atoms with Gasteiger partial charge in [0.15, 0.2) is 6.10 Å². The van der Waals surface area contributed by atoms with E-state index in [0.29, 0.717) is 5.69 Å². The van der Waals surface area contributed by atoms with E-state index in [9.17, 15) is 9.59 Å². The number of halogens is 1. The van der Waals surface area contributed by atoms with Crippen LogP contribution in [0.15, 0.2) is 28.7 Å². The Labute approximate surface area is 102 Å². The van der Waals surface area contributed by atoms with E-state index in [2.05, 4.69) is 21.2 Å². The minimum Gasteiger partial charge on any atom is -0.453 e. The van der Waals surface area contributed by atoms with E-state index >= 15 is 0 Å². The molecule has 1 rings (SSSR count). The first kappa shape index (κ1) is 12.7. The van der Waals surface area contributed by atoms with Crippen LogP contribution in [0, 0.1) is 0 Å². The molecule has 0 radical (unpaired) electrons. The van der Waals surface area contributed by atoms with Gasteiger partial charge in [-0.15, -0.1) is 0 Å². The fourth-order valence-corrected chi connectivity index (χ4v) is 1.34. The summed E-state index contributed by atoms with van der Waals surface area (Å²) < 4.78 is 5.68. The number of esters is 1. The number of amides is 1. The summed E-state index contributed by atoms with van der Waals surface area (Å²) in [4.78, 5) is 22.2. The molecule has 86 valence electrons. The molecule has 0 aliphatic carbocycles. The maximum Gasteiger partial charge on any atom is 0.303 e. The monoisotopic (exact) mass is 285 g/mol. The highest BCUT2D eigenvalue weighted by Crippen LogP contribution is 2.14. The van der Waals surface area contributed by atoms with Crippen LogP contribution in [0.25, 0.3) is 0 Å². The highest BCUT2D eigenvalue weighted by atomic mass is 79.9. The molecule has 0 spiro atoms. The molecule has 1 amide bonds. The molecule has 0 aliphatic heterocycles. The predicted molar refractivity (Wildman–Crippen MR) is 64.0 cm³/mol. The van der Waals surface area contributed by atoms with E-state index in [1.165, 1.54) is 13.8 Å². The topological polar surface area (TPSA) is 55.4 Å². The molecule has 0 saturated carbocycles. The zero-order chi connectivity index (χ0) is 12.1. The second-order valence-corrected chi connectivity index (χ2v) is 4.16. The van der Waals surface area contributed by atoms with Gasteiger partial charge in [-0.2, -0.15) is 0 Å². The minimum atomic E-state index is -0.791. The standard InChI is InChI=1S/C11H12BrNO3/c1-7(16-8(2)14)11(15)13-10-5-3-9(12)4-6-10/h3-7H,1-2H3,(H,13,15)/t7-/m0/s1. The number of nitrogens with one attached hydrogen (secondary N) is 1. The number of hydrogen-bond acceptors (Lipinski definition) is 3. The average Bonchev–Trinajstić information content (AvgIpc) is 2.20. The number of hydrogen-bond donors (Lipinski definition) is 1. The van der Waals surface area contributed by atoms with Crippen LogP contribution in [-0.4, -0.2) is 18.0 Å². The minimum absolute atomic E-state index is 0.350. The van der Waals surface area contributed by atoms with Crippen LogP contribution >= 0.6 is 15.9 Å². The molecular weight excluding hydrogens is 274 g/mol. The lowest BCUT2D eigenvalue weighted by molar-refractivity contribution is -0.150. The zero-order valence-electron chi connectivity index (χ0n) is 8.99. The van der Waals surface area contributed by atoms with E-state index in [1.807, 2.05) is 12.1 Å². The van der Waals surface area contributed by atoms with Gasteiger partial charge in [0.05, 0.1) is 0 Å². The van der Waals surface area contributed by atoms with Crippen LogP contribution in [0.3, 0.4) is 0 Å². The van der Waals surface area contributed by atoms with Gasteiger partial charge in [-0.1, -0.05) is 15.9 Å². The molecule has 1 atom stereocenters. The van der Waals surface area contributed by atoms with Crippen molar-refractivity contribution < 1.29 is 14.3 Å². The summed E-state index contributed by atoms with van der Waals surface area (Å²) in [7, 11) is 0. The van der Waals surface area contributed by atoms with Crippen LogP contribution in [0.5, 0.6) is 0 Å². The number of carbonyl (C=O) groups excluding carboxylic acids is 2. The molecule has 1 aromatic rings. The summed E-state index contributed by atoms with van der Waals surface area (Å²) in [5.74, 6) is -0.823. The van der Waals surface area contributed by atoms with Crippen LogP contribution in [0.1, 0.15) is 13.8 Å². The van der Waals surface area contributed by atoms with Gasteiger partial charge in [0.2, 0.25) is 0 Å². The fourth-order valence-electron chi connectivity index (χ4n) is 1.08. The number of benzene rings is 1. The van der Waals surface area contributed by atoms with Crippen molar-refractivity contribution in [1.29, 1.82) is 0 Å². The van der Waals surface area contributed by atoms with Gasteiger partial charge in [-0.25, -0.2) is 0 Å². The lowest BCUT2D eigenvalue weighted by atomic mass is 10.3. The molecule has 5 heteroatoms. The van der Waals surface area contributed by atoms with E-state index in [-0.39, 0.29) is 5.91 Å². The Balaban J connectivity index is 2.57. The predicted octanol–water partition coefficient (Wildman–Crippen LogP) is 2.34. The Hall–Kier alpha value is -1.36. The lowest BCUT2D eigenvalue weighted by Gasteiger charge is -2.12. The van der Waals surface area contributed by atoms with Gasteiger partial charge in [0, 0.05) is 17.1 Å². The van der Waals surface area contributed by atoms with Crippen molar-refractivity contribution in [2.75, 3.05) is 5.32 Å². The van der Waals surface area contributed by atoms with E-state index in [0.717, 1.165) is 4.47 Å². The molecule has 0 unspecified atom stereocenters. The molecule has 0 fully saturated rings. The van der Waals surface area contributed by atoms with E-state index < -0.39 is 12.1 Å². The van der Waals surface area contributed by atoms with Crippen LogP contribution in [0.2, 0.25) is 0 Å². The molecule has 0 aliphatic rings. The van der Waals surface area contributed by atoms with Crippen molar-refractivity contribution in [2.45, 2.75) is 20.0 Å². The smallest absolute Gasteiger partial charge is 0.303 e. The average molecular weight is 286 g/mol. The Morgan fingerprint density at radius 2 is 1.88 bits per heavy atom. The summed E-state index contributed by atoms with van der Waals surface area (Å²) >= 11 is 3.29. The van der Waals surface area contributed by atoms with E-state index in [4.69, 9.17) is 4.74 Å². The maximum absolute atomic E-state index is 11.5. The molecule has 0 bridgehead atoms. The Morgan fingerprint density at radius 1 is 1.31 bits per heavy atom. The first-order chi connectivity index (χ1) is 7.49. The Kier molecular flexibility index (Phi) is 4.49. The molecule has 4 nitrogen and oxygen atoms in total. The van der Waals surface area contributed by atoms with Gasteiger partial charge in [0.1, 0.15) is 0 Å². The van der Waals surface area contributed by atoms with Gasteiger partial charge >= 0.3 is 5.97 Å². The normalized spacial score (nSPS) is 11.7. The van der Waals surface area contributed by atoms with Crippen molar-refractivity contribution in [3.05, 3.63) is 28.7 Å². The second-order valence-electron chi connectivity index (χ2n) is 3.25. The van der Waals surface area contributed by atoms with Gasteiger partial charge in [-0.05, 0) is 31.2 Å². The fraction of sp³-hybridized carbons (Fsp3) is 0.273.